The Hall–Kier alpha value is -1.70. The highest BCUT2D eigenvalue weighted by atomic mass is 79.9. The lowest BCUT2D eigenvalue weighted by atomic mass is 9.95. The van der Waals surface area contributed by atoms with Gasteiger partial charge in [0.2, 0.25) is 15.9 Å². The van der Waals surface area contributed by atoms with Crippen LogP contribution in [0.1, 0.15) is 56.2 Å². The first-order chi connectivity index (χ1) is 14.3. The van der Waals surface area contributed by atoms with Crippen molar-refractivity contribution < 1.29 is 13.2 Å². The number of rotatable bonds is 7. The van der Waals surface area contributed by atoms with E-state index < -0.39 is 10.0 Å². The van der Waals surface area contributed by atoms with Crippen LogP contribution in [0, 0.1) is 6.92 Å². The van der Waals surface area contributed by atoms with Crippen LogP contribution in [0.2, 0.25) is 0 Å². The molecule has 1 amide bonds. The Morgan fingerprint density at radius 3 is 2.43 bits per heavy atom. The van der Waals surface area contributed by atoms with E-state index in [1.54, 1.807) is 24.3 Å². The molecule has 162 valence electrons. The molecule has 2 aromatic carbocycles. The number of hydrogen-bond donors (Lipinski definition) is 1. The van der Waals surface area contributed by atoms with Crippen molar-refractivity contribution in [3.05, 3.63) is 64.1 Å². The summed E-state index contributed by atoms with van der Waals surface area (Å²) in [5.74, 6) is -0.288. The third-order valence-electron chi connectivity index (χ3n) is 5.64. The fourth-order valence-corrected chi connectivity index (χ4v) is 5.97. The maximum Gasteiger partial charge on any atom is 0.243 e. The molecular weight excluding hydrogens is 464 g/mol. The highest BCUT2D eigenvalue weighted by Crippen LogP contribution is 2.28. The minimum atomic E-state index is -3.75. The number of amides is 1. The Bertz CT molecular complexity index is 970. The molecule has 1 aliphatic carbocycles. The van der Waals surface area contributed by atoms with E-state index in [9.17, 15) is 13.2 Å². The van der Waals surface area contributed by atoms with Crippen LogP contribution in [-0.4, -0.2) is 31.2 Å². The molecule has 0 unspecified atom stereocenters. The summed E-state index contributed by atoms with van der Waals surface area (Å²) in [6.45, 7) is 3.66. The zero-order chi connectivity index (χ0) is 21.7. The van der Waals surface area contributed by atoms with Gasteiger partial charge in [0, 0.05) is 10.5 Å². The molecule has 1 aliphatic rings. The summed E-state index contributed by atoms with van der Waals surface area (Å²) < 4.78 is 29.2. The lowest BCUT2D eigenvalue weighted by Crippen LogP contribution is -2.47. The number of carbonyl (C=O) groups excluding carboxylic acids is 1. The fraction of sp³-hybridized carbons (Fsp3) is 0.435. The molecule has 0 aliphatic heterocycles. The number of halogens is 1. The molecule has 1 saturated carbocycles. The minimum Gasteiger partial charge on any atom is -0.348 e. The van der Waals surface area contributed by atoms with Gasteiger partial charge in [-0.25, -0.2) is 8.42 Å². The monoisotopic (exact) mass is 492 g/mol. The number of nitrogens with one attached hydrogen (secondary N) is 1. The van der Waals surface area contributed by atoms with Gasteiger partial charge in [0.25, 0.3) is 0 Å². The van der Waals surface area contributed by atoms with Crippen molar-refractivity contribution in [1.29, 1.82) is 0 Å². The molecule has 0 radical (unpaired) electrons. The second-order valence-electron chi connectivity index (χ2n) is 8.00. The number of aryl methyl sites for hydroxylation is 1. The molecule has 2 aromatic rings. The molecule has 0 aromatic heterocycles. The fourth-order valence-electron chi connectivity index (χ4n) is 3.91. The van der Waals surface area contributed by atoms with Gasteiger partial charge in [0.05, 0.1) is 17.5 Å². The lowest BCUT2D eigenvalue weighted by Gasteiger charge is -2.33. The van der Waals surface area contributed by atoms with Gasteiger partial charge in [0.1, 0.15) is 0 Å². The average molecular weight is 493 g/mol. The van der Waals surface area contributed by atoms with Gasteiger partial charge in [-0.1, -0.05) is 65.0 Å². The van der Waals surface area contributed by atoms with Crippen molar-refractivity contribution >= 4 is 31.9 Å². The van der Waals surface area contributed by atoms with E-state index in [0.29, 0.717) is 0 Å². The summed E-state index contributed by atoms with van der Waals surface area (Å²) in [6.07, 6.45) is 4.67. The van der Waals surface area contributed by atoms with Crippen LogP contribution in [0.4, 0.5) is 0 Å². The standard InChI is InChI=1S/C23H29BrN2O3S/c1-17-11-13-22(14-12-17)30(28,29)26(21-9-4-3-5-10-21)16-23(27)25-18(2)19-7-6-8-20(24)15-19/h6-8,11-15,18,21H,3-5,9-10,16H2,1-2H3,(H,25,27)/t18-/m0/s1. The van der Waals surface area contributed by atoms with Gasteiger partial charge >= 0.3 is 0 Å². The summed E-state index contributed by atoms with van der Waals surface area (Å²) in [5, 5.41) is 2.96. The van der Waals surface area contributed by atoms with Crippen molar-refractivity contribution in [2.45, 2.75) is 62.9 Å². The van der Waals surface area contributed by atoms with E-state index in [1.807, 2.05) is 38.1 Å². The van der Waals surface area contributed by atoms with E-state index in [-0.39, 0.29) is 29.4 Å². The van der Waals surface area contributed by atoms with Crippen LogP contribution in [0.3, 0.4) is 0 Å². The molecule has 0 heterocycles. The Morgan fingerprint density at radius 2 is 1.80 bits per heavy atom. The van der Waals surface area contributed by atoms with Crippen LogP contribution in [0.25, 0.3) is 0 Å². The molecule has 30 heavy (non-hydrogen) atoms. The maximum atomic E-state index is 13.4. The third-order valence-corrected chi connectivity index (χ3v) is 8.04. The highest BCUT2D eigenvalue weighted by Gasteiger charge is 2.34. The number of nitrogens with zero attached hydrogens (tertiary/aromatic N) is 1. The van der Waals surface area contributed by atoms with Crippen molar-refractivity contribution in [2.75, 3.05) is 6.54 Å². The van der Waals surface area contributed by atoms with E-state index in [0.717, 1.165) is 47.7 Å². The first kappa shape index (κ1) is 23.0. The van der Waals surface area contributed by atoms with E-state index in [1.165, 1.54) is 4.31 Å². The van der Waals surface area contributed by atoms with Gasteiger partial charge in [0.15, 0.2) is 0 Å². The highest BCUT2D eigenvalue weighted by molar-refractivity contribution is 9.10. The third kappa shape index (κ3) is 5.71. The number of sulfonamides is 1. The van der Waals surface area contributed by atoms with E-state index in [4.69, 9.17) is 0 Å². The quantitative estimate of drug-likeness (QED) is 0.593. The lowest BCUT2D eigenvalue weighted by molar-refractivity contribution is -0.122. The van der Waals surface area contributed by atoms with Gasteiger partial charge in [-0.3, -0.25) is 4.79 Å². The largest absolute Gasteiger partial charge is 0.348 e. The van der Waals surface area contributed by atoms with Crippen molar-refractivity contribution in [2.24, 2.45) is 0 Å². The van der Waals surface area contributed by atoms with E-state index in [2.05, 4.69) is 21.2 Å². The van der Waals surface area contributed by atoms with Gasteiger partial charge in [-0.15, -0.1) is 0 Å². The molecule has 5 nitrogen and oxygen atoms in total. The zero-order valence-corrected chi connectivity index (χ0v) is 19.9. The number of benzene rings is 2. The second-order valence-corrected chi connectivity index (χ2v) is 10.8. The molecule has 1 fully saturated rings. The molecule has 3 rings (SSSR count). The van der Waals surface area contributed by atoms with Gasteiger partial charge < -0.3 is 5.32 Å². The molecular formula is C23H29BrN2O3S. The van der Waals surface area contributed by atoms with Crippen LogP contribution in [0.15, 0.2) is 57.9 Å². The van der Waals surface area contributed by atoms with Crippen LogP contribution in [0.5, 0.6) is 0 Å². The molecule has 1 N–H and O–H groups in total. The van der Waals surface area contributed by atoms with Crippen molar-refractivity contribution in [1.82, 2.24) is 9.62 Å². The zero-order valence-electron chi connectivity index (χ0n) is 17.5. The van der Waals surface area contributed by atoms with Crippen molar-refractivity contribution in [3.63, 3.8) is 0 Å². The predicted octanol–water partition coefficient (Wildman–Crippen LogP) is 4.96. The summed E-state index contributed by atoms with van der Waals surface area (Å²) in [5.41, 5.74) is 1.96. The first-order valence-electron chi connectivity index (χ1n) is 10.4. The molecule has 0 saturated heterocycles. The van der Waals surface area contributed by atoms with Gasteiger partial charge in [-0.05, 0) is 56.5 Å². The summed E-state index contributed by atoms with van der Waals surface area (Å²) >= 11 is 3.45. The Balaban J connectivity index is 1.80. The first-order valence-corrected chi connectivity index (χ1v) is 12.6. The minimum absolute atomic E-state index is 0.142. The predicted molar refractivity (Wildman–Crippen MR) is 123 cm³/mol. The summed E-state index contributed by atoms with van der Waals surface area (Å²) in [7, 11) is -3.75. The maximum absolute atomic E-state index is 13.4. The van der Waals surface area contributed by atoms with E-state index >= 15 is 0 Å². The van der Waals surface area contributed by atoms with Crippen molar-refractivity contribution in [3.8, 4) is 0 Å². The average Bonchev–Trinajstić information content (AvgIpc) is 2.73. The SMILES string of the molecule is Cc1ccc(S(=O)(=O)N(CC(=O)N[C@@H](C)c2cccc(Br)c2)C2CCCCC2)cc1. The Morgan fingerprint density at radius 1 is 1.13 bits per heavy atom. The number of hydrogen-bond acceptors (Lipinski definition) is 3. The topological polar surface area (TPSA) is 66.5 Å². The van der Waals surface area contributed by atoms with Crippen LogP contribution >= 0.6 is 15.9 Å². The van der Waals surface area contributed by atoms with Crippen LogP contribution in [-0.2, 0) is 14.8 Å². The molecule has 1 atom stereocenters. The molecule has 0 bridgehead atoms. The molecule has 0 spiro atoms. The summed E-state index contributed by atoms with van der Waals surface area (Å²) in [6, 6.07) is 14.2. The normalized spacial score (nSPS) is 16.4. The second kappa shape index (κ2) is 10.1. The summed E-state index contributed by atoms with van der Waals surface area (Å²) in [4.78, 5) is 13.1. The Labute approximate surface area is 188 Å². The van der Waals surface area contributed by atoms with Crippen LogP contribution < -0.4 is 5.32 Å². The molecule has 7 heteroatoms. The smallest absolute Gasteiger partial charge is 0.243 e. The number of carbonyl (C=O) groups is 1. The Kier molecular flexibility index (Phi) is 7.71. The van der Waals surface area contributed by atoms with Gasteiger partial charge in [-0.2, -0.15) is 4.31 Å².